The molecule has 2 bridgehead atoms. The Morgan fingerprint density at radius 1 is 1.00 bits per heavy atom. The molecule has 0 atom stereocenters. The molecule has 3 aliphatic rings. The molecule has 1 aromatic rings. The fourth-order valence-electron chi connectivity index (χ4n) is 5.13. The lowest BCUT2D eigenvalue weighted by Crippen LogP contribution is -2.44. The zero-order chi connectivity index (χ0) is 18.5. The van der Waals surface area contributed by atoms with Crippen LogP contribution in [-0.2, 0) is 10.2 Å². The first-order chi connectivity index (χ1) is 12.6. The third-order valence-corrected chi connectivity index (χ3v) is 6.85. The number of carbonyl (C=O) groups excluding carboxylic acids is 1. The summed E-state index contributed by atoms with van der Waals surface area (Å²) in [4.78, 5) is 11.9. The van der Waals surface area contributed by atoms with E-state index in [2.05, 4.69) is 26.0 Å². The van der Waals surface area contributed by atoms with Gasteiger partial charge in [0.15, 0.2) is 0 Å². The number of allylic oxidation sites excluding steroid dienone is 1. The minimum Gasteiger partial charge on any atom is -0.423 e. The first-order valence-corrected chi connectivity index (χ1v) is 10.6. The second-order valence-electron chi connectivity index (χ2n) is 8.52. The number of unbranched alkanes of at least 4 members (excludes halogenated alkanes) is 2. The van der Waals surface area contributed by atoms with Crippen LogP contribution in [0.15, 0.2) is 36.4 Å². The topological polar surface area (TPSA) is 26.3 Å². The summed E-state index contributed by atoms with van der Waals surface area (Å²) in [5.74, 6) is 0.383. The van der Waals surface area contributed by atoms with Gasteiger partial charge in [0.25, 0.3) is 0 Å². The summed E-state index contributed by atoms with van der Waals surface area (Å²) in [5.41, 5.74) is 2.47. The van der Waals surface area contributed by atoms with Crippen molar-refractivity contribution >= 4 is 5.97 Å². The van der Waals surface area contributed by atoms with Gasteiger partial charge in [0.05, 0.1) is 0 Å². The van der Waals surface area contributed by atoms with Crippen molar-refractivity contribution in [2.24, 2.45) is 5.41 Å². The molecule has 4 rings (SSSR count). The van der Waals surface area contributed by atoms with Crippen LogP contribution in [0.25, 0.3) is 0 Å². The fraction of sp³-hybridized carbons (Fsp3) is 0.625. The third-order valence-electron chi connectivity index (χ3n) is 6.85. The molecular weight excluding hydrogens is 320 g/mol. The average Bonchev–Trinajstić information content (AvgIpc) is 2.67. The Morgan fingerprint density at radius 3 is 2.23 bits per heavy atom. The molecule has 3 saturated carbocycles. The van der Waals surface area contributed by atoms with Crippen LogP contribution in [0.2, 0.25) is 0 Å². The van der Waals surface area contributed by atoms with E-state index in [1.807, 2.05) is 18.2 Å². The number of ether oxygens (including phenoxy) is 1. The highest BCUT2D eigenvalue weighted by Gasteiger charge is 2.48. The van der Waals surface area contributed by atoms with Gasteiger partial charge >= 0.3 is 5.97 Å². The Morgan fingerprint density at radius 2 is 1.65 bits per heavy atom. The van der Waals surface area contributed by atoms with Crippen molar-refractivity contribution < 1.29 is 9.53 Å². The maximum atomic E-state index is 11.9. The van der Waals surface area contributed by atoms with Crippen LogP contribution in [-0.4, -0.2) is 5.97 Å². The predicted octanol–water partition coefficient (Wildman–Crippen LogP) is 6.73. The molecular formula is C24H34O2. The number of carbonyl (C=O) groups is 1. The number of hydrogen-bond acceptors (Lipinski definition) is 2. The monoisotopic (exact) mass is 354 g/mol. The highest BCUT2D eigenvalue weighted by Crippen LogP contribution is 2.59. The summed E-state index contributed by atoms with van der Waals surface area (Å²) in [5, 5.41) is 0. The van der Waals surface area contributed by atoms with Crippen LogP contribution < -0.4 is 4.74 Å². The number of benzene rings is 1. The SMILES string of the molecule is CCCC/C=C/C(=O)Oc1ccc(C23CCC(CCC)(CC2)CC3)cc1. The minimum atomic E-state index is -0.272. The highest BCUT2D eigenvalue weighted by atomic mass is 16.5. The maximum Gasteiger partial charge on any atom is 0.335 e. The molecule has 142 valence electrons. The van der Waals surface area contributed by atoms with Crippen molar-refractivity contribution in [2.45, 2.75) is 89.9 Å². The van der Waals surface area contributed by atoms with Crippen LogP contribution in [0.3, 0.4) is 0 Å². The van der Waals surface area contributed by atoms with Crippen LogP contribution in [0.1, 0.15) is 90.0 Å². The van der Waals surface area contributed by atoms with Gasteiger partial charge in [-0.3, -0.25) is 0 Å². The van der Waals surface area contributed by atoms with E-state index in [0.29, 0.717) is 16.6 Å². The Bertz CT molecular complexity index is 602. The standard InChI is InChI=1S/C24H34O2/c1-3-5-6-7-8-22(25)26-21-11-9-20(10-12-21)24-17-14-23(13-4-2,15-18-24)16-19-24/h7-12H,3-6,13-19H2,1-2H3/b8-7+. The molecule has 2 heteroatoms. The third kappa shape index (κ3) is 4.22. The van der Waals surface area contributed by atoms with Gasteiger partial charge in [0.2, 0.25) is 0 Å². The molecule has 1 aromatic carbocycles. The zero-order valence-electron chi connectivity index (χ0n) is 16.6. The van der Waals surface area contributed by atoms with Crippen molar-refractivity contribution in [3.8, 4) is 5.75 Å². The predicted molar refractivity (Wildman–Crippen MR) is 107 cm³/mol. The number of hydrogen-bond donors (Lipinski definition) is 0. The van der Waals surface area contributed by atoms with E-state index < -0.39 is 0 Å². The van der Waals surface area contributed by atoms with Gasteiger partial charge < -0.3 is 4.74 Å². The lowest BCUT2D eigenvalue weighted by Gasteiger charge is -2.54. The summed E-state index contributed by atoms with van der Waals surface area (Å²) in [6.07, 6.45) is 17.5. The molecule has 0 N–H and O–H groups in total. The Labute approximate surface area is 159 Å². The summed E-state index contributed by atoms with van der Waals surface area (Å²) in [7, 11) is 0. The molecule has 0 heterocycles. The Balaban J connectivity index is 1.58. The van der Waals surface area contributed by atoms with Gasteiger partial charge in [-0.25, -0.2) is 4.79 Å². The maximum absolute atomic E-state index is 11.9. The van der Waals surface area contributed by atoms with Gasteiger partial charge in [-0.15, -0.1) is 0 Å². The van der Waals surface area contributed by atoms with Crippen molar-refractivity contribution in [3.05, 3.63) is 42.0 Å². The molecule has 0 saturated heterocycles. The van der Waals surface area contributed by atoms with Gasteiger partial charge in [-0.05, 0) is 79.9 Å². The van der Waals surface area contributed by atoms with E-state index in [0.717, 1.165) is 19.3 Å². The number of fused-ring (bicyclic) bond motifs is 3. The largest absolute Gasteiger partial charge is 0.423 e. The van der Waals surface area contributed by atoms with E-state index in [1.54, 1.807) is 6.08 Å². The number of rotatable bonds is 8. The lowest BCUT2D eigenvalue weighted by atomic mass is 9.51. The van der Waals surface area contributed by atoms with Crippen molar-refractivity contribution in [1.82, 2.24) is 0 Å². The molecule has 0 radical (unpaired) electrons. The normalized spacial score (nSPS) is 27.8. The first-order valence-electron chi connectivity index (χ1n) is 10.6. The van der Waals surface area contributed by atoms with Crippen LogP contribution in [0.4, 0.5) is 0 Å². The molecule has 0 amide bonds. The Hall–Kier alpha value is -1.57. The van der Waals surface area contributed by atoms with E-state index >= 15 is 0 Å². The average molecular weight is 355 g/mol. The second-order valence-corrected chi connectivity index (χ2v) is 8.52. The van der Waals surface area contributed by atoms with Gasteiger partial charge in [0, 0.05) is 6.08 Å². The number of esters is 1. The van der Waals surface area contributed by atoms with Crippen molar-refractivity contribution in [1.29, 1.82) is 0 Å². The van der Waals surface area contributed by atoms with Crippen molar-refractivity contribution in [3.63, 3.8) is 0 Å². The molecule has 0 unspecified atom stereocenters. The smallest absolute Gasteiger partial charge is 0.335 e. The second kappa shape index (κ2) is 8.41. The molecule has 3 aliphatic carbocycles. The minimum absolute atomic E-state index is 0.272. The molecule has 3 fully saturated rings. The van der Waals surface area contributed by atoms with Crippen LogP contribution in [0, 0.1) is 5.41 Å². The molecule has 2 nitrogen and oxygen atoms in total. The summed E-state index contributed by atoms with van der Waals surface area (Å²) in [6, 6.07) is 8.35. The first kappa shape index (κ1) is 19.2. The van der Waals surface area contributed by atoms with Gasteiger partial charge in [0.1, 0.15) is 5.75 Å². The quantitative estimate of drug-likeness (QED) is 0.224. The van der Waals surface area contributed by atoms with E-state index in [-0.39, 0.29) is 5.97 Å². The van der Waals surface area contributed by atoms with E-state index in [9.17, 15) is 4.79 Å². The van der Waals surface area contributed by atoms with Gasteiger partial charge in [-0.2, -0.15) is 0 Å². The molecule has 26 heavy (non-hydrogen) atoms. The lowest BCUT2D eigenvalue weighted by molar-refractivity contribution is -0.129. The summed E-state index contributed by atoms with van der Waals surface area (Å²) < 4.78 is 5.44. The van der Waals surface area contributed by atoms with Crippen LogP contribution >= 0.6 is 0 Å². The highest BCUT2D eigenvalue weighted by molar-refractivity contribution is 5.83. The van der Waals surface area contributed by atoms with Crippen LogP contribution in [0.5, 0.6) is 5.75 Å². The summed E-state index contributed by atoms with van der Waals surface area (Å²) in [6.45, 7) is 4.47. The molecule has 0 spiro atoms. The summed E-state index contributed by atoms with van der Waals surface area (Å²) >= 11 is 0. The van der Waals surface area contributed by atoms with Crippen molar-refractivity contribution in [2.75, 3.05) is 0 Å². The Kier molecular flexibility index (Phi) is 6.21. The molecule has 0 aliphatic heterocycles. The van der Waals surface area contributed by atoms with E-state index in [4.69, 9.17) is 4.74 Å². The van der Waals surface area contributed by atoms with Gasteiger partial charge in [-0.1, -0.05) is 51.3 Å². The molecule has 0 aromatic heterocycles. The zero-order valence-corrected chi connectivity index (χ0v) is 16.6. The van der Waals surface area contributed by atoms with E-state index in [1.165, 1.54) is 56.9 Å². The fourth-order valence-corrected chi connectivity index (χ4v) is 5.13.